The van der Waals surface area contributed by atoms with Crippen LogP contribution in [0.3, 0.4) is 0 Å². The molecule has 1 saturated carbocycles. The van der Waals surface area contributed by atoms with E-state index in [0.717, 1.165) is 5.56 Å². The van der Waals surface area contributed by atoms with Gasteiger partial charge in [-0.1, -0.05) is 19.1 Å². The Bertz CT molecular complexity index is 468. The molecule has 5 nitrogen and oxygen atoms in total. The Kier molecular flexibility index (Phi) is 3.43. The Morgan fingerprint density at radius 1 is 1.33 bits per heavy atom. The maximum atomic E-state index is 11.9. The molecule has 18 heavy (non-hydrogen) atoms. The highest BCUT2D eigenvalue weighted by molar-refractivity contribution is 5.87. The number of nitro benzene ring substituents is 1. The number of carbonyl (C=O) groups excluding carboxylic acids is 1. The minimum absolute atomic E-state index is 0.00935. The van der Waals surface area contributed by atoms with E-state index in [4.69, 9.17) is 0 Å². The average molecular weight is 249 g/mol. The summed E-state index contributed by atoms with van der Waals surface area (Å²) in [4.78, 5) is 22.0. The molecule has 1 aromatic rings. The van der Waals surface area contributed by atoms with Crippen LogP contribution >= 0.6 is 0 Å². The standard InChI is InChI=1S/C13H15NO4/c1-8-6-11(15)7-12(16)13(8)9-2-4-10(5-3-9)14(17)18/h2-5,8,11,13,15H,6-7H2,1H3/t8-,11+,13-/m1/s1. The van der Waals surface area contributed by atoms with Gasteiger partial charge in [-0.05, 0) is 17.9 Å². The van der Waals surface area contributed by atoms with Crippen LogP contribution in [0.15, 0.2) is 24.3 Å². The molecule has 3 atom stereocenters. The zero-order valence-electron chi connectivity index (χ0n) is 10.1. The Balaban J connectivity index is 2.25. The molecule has 1 aromatic carbocycles. The molecule has 2 rings (SSSR count). The van der Waals surface area contributed by atoms with E-state index in [2.05, 4.69) is 0 Å². The second-order valence-corrected chi connectivity index (χ2v) is 4.86. The smallest absolute Gasteiger partial charge is 0.269 e. The van der Waals surface area contributed by atoms with Crippen LogP contribution < -0.4 is 0 Å². The predicted octanol–water partition coefficient (Wildman–Crippen LogP) is 2.04. The van der Waals surface area contributed by atoms with Crippen molar-refractivity contribution < 1.29 is 14.8 Å². The number of Topliss-reactive ketones (excluding diaryl/α,β-unsaturated/α-hetero) is 1. The Morgan fingerprint density at radius 2 is 1.94 bits per heavy atom. The summed E-state index contributed by atoms with van der Waals surface area (Å²) in [7, 11) is 0. The summed E-state index contributed by atoms with van der Waals surface area (Å²) in [5.41, 5.74) is 0.819. The number of non-ortho nitro benzene ring substituents is 1. The molecular formula is C13H15NO4. The molecule has 0 aromatic heterocycles. The van der Waals surface area contributed by atoms with Crippen LogP contribution in [-0.4, -0.2) is 21.9 Å². The largest absolute Gasteiger partial charge is 0.393 e. The predicted molar refractivity (Wildman–Crippen MR) is 65.2 cm³/mol. The third kappa shape index (κ3) is 2.41. The summed E-state index contributed by atoms with van der Waals surface area (Å²) in [6, 6.07) is 6.10. The maximum Gasteiger partial charge on any atom is 0.269 e. The van der Waals surface area contributed by atoms with E-state index in [-0.39, 0.29) is 29.7 Å². The van der Waals surface area contributed by atoms with Crippen molar-refractivity contribution in [1.29, 1.82) is 0 Å². The summed E-state index contributed by atoms with van der Waals surface area (Å²) in [5.74, 6) is -0.188. The van der Waals surface area contributed by atoms with Crippen molar-refractivity contribution in [2.24, 2.45) is 5.92 Å². The third-order valence-corrected chi connectivity index (χ3v) is 3.46. The van der Waals surface area contributed by atoms with Crippen LogP contribution in [0.2, 0.25) is 0 Å². The number of ketones is 1. The van der Waals surface area contributed by atoms with Gasteiger partial charge >= 0.3 is 0 Å². The van der Waals surface area contributed by atoms with E-state index in [1.54, 1.807) is 12.1 Å². The van der Waals surface area contributed by atoms with Crippen LogP contribution in [0, 0.1) is 16.0 Å². The second kappa shape index (κ2) is 4.86. The van der Waals surface area contributed by atoms with Gasteiger partial charge in [-0.15, -0.1) is 0 Å². The van der Waals surface area contributed by atoms with Gasteiger partial charge in [0, 0.05) is 24.5 Å². The van der Waals surface area contributed by atoms with E-state index < -0.39 is 11.0 Å². The molecule has 0 aliphatic heterocycles. The van der Waals surface area contributed by atoms with E-state index in [0.29, 0.717) is 6.42 Å². The number of hydrogen-bond acceptors (Lipinski definition) is 4. The van der Waals surface area contributed by atoms with Crippen LogP contribution in [0.1, 0.15) is 31.2 Å². The van der Waals surface area contributed by atoms with Gasteiger partial charge in [-0.2, -0.15) is 0 Å². The number of aliphatic hydroxyl groups excluding tert-OH is 1. The first kappa shape index (κ1) is 12.7. The molecular weight excluding hydrogens is 234 g/mol. The topological polar surface area (TPSA) is 80.4 Å². The molecule has 0 saturated heterocycles. The molecule has 0 bridgehead atoms. The SMILES string of the molecule is C[C@@H]1C[C@H](O)CC(=O)[C@H]1c1ccc([N+](=O)[O-])cc1. The molecule has 1 N–H and O–H groups in total. The van der Waals surface area contributed by atoms with E-state index >= 15 is 0 Å². The third-order valence-electron chi connectivity index (χ3n) is 3.46. The Morgan fingerprint density at radius 3 is 2.44 bits per heavy atom. The minimum atomic E-state index is -0.554. The quantitative estimate of drug-likeness (QED) is 0.642. The number of nitrogens with zero attached hydrogens (tertiary/aromatic N) is 1. The lowest BCUT2D eigenvalue weighted by Crippen LogP contribution is -2.32. The number of carbonyl (C=O) groups is 1. The van der Waals surface area contributed by atoms with Gasteiger partial charge in [-0.25, -0.2) is 0 Å². The van der Waals surface area contributed by atoms with Crippen molar-refractivity contribution >= 4 is 11.5 Å². The fourth-order valence-electron chi connectivity index (χ4n) is 2.64. The molecule has 1 fully saturated rings. The van der Waals surface area contributed by atoms with Crippen LogP contribution in [0.25, 0.3) is 0 Å². The molecule has 1 aliphatic carbocycles. The van der Waals surface area contributed by atoms with Gasteiger partial charge in [0.2, 0.25) is 0 Å². The summed E-state index contributed by atoms with van der Waals surface area (Å²) < 4.78 is 0. The molecule has 0 heterocycles. The van der Waals surface area contributed by atoms with Gasteiger partial charge < -0.3 is 5.11 Å². The molecule has 96 valence electrons. The molecule has 0 unspecified atom stereocenters. The number of benzene rings is 1. The van der Waals surface area contributed by atoms with Gasteiger partial charge in [0.1, 0.15) is 5.78 Å². The van der Waals surface area contributed by atoms with Crippen LogP contribution in [-0.2, 0) is 4.79 Å². The number of rotatable bonds is 2. The first-order valence-electron chi connectivity index (χ1n) is 5.94. The zero-order chi connectivity index (χ0) is 13.3. The van der Waals surface area contributed by atoms with Crippen molar-refractivity contribution in [3.05, 3.63) is 39.9 Å². The lowest BCUT2D eigenvalue weighted by atomic mass is 9.74. The summed E-state index contributed by atoms with van der Waals surface area (Å²) in [5, 5.41) is 20.1. The summed E-state index contributed by atoms with van der Waals surface area (Å²) in [6.45, 7) is 1.92. The first-order valence-corrected chi connectivity index (χ1v) is 5.94. The fraction of sp³-hybridized carbons (Fsp3) is 0.462. The second-order valence-electron chi connectivity index (χ2n) is 4.86. The van der Waals surface area contributed by atoms with Crippen molar-refractivity contribution in [1.82, 2.24) is 0 Å². The molecule has 0 amide bonds. The lowest BCUT2D eigenvalue weighted by Gasteiger charge is -2.30. The monoisotopic (exact) mass is 249 g/mol. The van der Waals surface area contributed by atoms with Gasteiger partial charge in [-0.3, -0.25) is 14.9 Å². The molecule has 5 heteroatoms. The highest BCUT2D eigenvalue weighted by Crippen LogP contribution is 2.35. The van der Waals surface area contributed by atoms with Crippen molar-refractivity contribution in [2.75, 3.05) is 0 Å². The van der Waals surface area contributed by atoms with Crippen molar-refractivity contribution in [2.45, 2.75) is 31.8 Å². The van der Waals surface area contributed by atoms with Gasteiger partial charge in [0.25, 0.3) is 5.69 Å². The minimum Gasteiger partial charge on any atom is -0.393 e. The normalized spacial score (nSPS) is 28.1. The highest BCUT2D eigenvalue weighted by atomic mass is 16.6. The summed E-state index contributed by atoms with van der Waals surface area (Å²) >= 11 is 0. The zero-order valence-corrected chi connectivity index (χ0v) is 10.1. The Labute approximate surface area is 105 Å². The number of nitro groups is 1. The Hall–Kier alpha value is -1.75. The van der Waals surface area contributed by atoms with Crippen molar-refractivity contribution in [3.63, 3.8) is 0 Å². The van der Waals surface area contributed by atoms with Crippen molar-refractivity contribution in [3.8, 4) is 0 Å². The van der Waals surface area contributed by atoms with E-state index in [9.17, 15) is 20.0 Å². The fourth-order valence-corrected chi connectivity index (χ4v) is 2.64. The lowest BCUT2D eigenvalue weighted by molar-refractivity contribution is -0.384. The molecule has 0 radical (unpaired) electrons. The van der Waals surface area contributed by atoms with Crippen LogP contribution in [0.5, 0.6) is 0 Å². The number of hydrogen-bond donors (Lipinski definition) is 1. The maximum absolute atomic E-state index is 11.9. The van der Waals surface area contributed by atoms with E-state index in [1.165, 1.54) is 12.1 Å². The average Bonchev–Trinajstić information content (AvgIpc) is 2.28. The highest BCUT2D eigenvalue weighted by Gasteiger charge is 2.34. The first-order chi connectivity index (χ1) is 8.49. The molecule has 1 aliphatic rings. The molecule has 0 spiro atoms. The van der Waals surface area contributed by atoms with Gasteiger partial charge in [0.15, 0.2) is 0 Å². The van der Waals surface area contributed by atoms with Crippen LogP contribution in [0.4, 0.5) is 5.69 Å². The summed E-state index contributed by atoms with van der Waals surface area (Å²) in [6.07, 6.45) is 0.209. The van der Waals surface area contributed by atoms with E-state index in [1.807, 2.05) is 6.92 Å². The number of aliphatic hydroxyl groups is 1. The van der Waals surface area contributed by atoms with Gasteiger partial charge in [0.05, 0.1) is 11.0 Å².